The van der Waals surface area contributed by atoms with Gasteiger partial charge >= 0.3 is 0 Å². The molecule has 106 valence electrons. The van der Waals surface area contributed by atoms with Gasteiger partial charge in [-0.3, -0.25) is 4.79 Å². The number of para-hydroxylation sites is 1. The van der Waals surface area contributed by atoms with Crippen molar-refractivity contribution >= 4 is 16.6 Å². The second kappa shape index (κ2) is 5.31. The van der Waals surface area contributed by atoms with Gasteiger partial charge in [-0.05, 0) is 31.7 Å². The molecule has 1 aliphatic rings. The van der Waals surface area contributed by atoms with Crippen LogP contribution in [-0.2, 0) is 7.05 Å². The number of rotatable bonds is 3. The normalized spacial score (nSPS) is 17.5. The fourth-order valence-corrected chi connectivity index (χ4v) is 3.35. The molecule has 1 heterocycles. The van der Waals surface area contributed by atoms with Crippen LogP contribution in [0.5, 0.6) is 0 Å². The average Bonchev–Trinajstić information content (AvgIpc) is 2.99. The maximum Gasteiger partial charge on any atom is 0.252 e. The molecule has 2 aromatic rings. The predicted octanol–water partition coefficient (Wildman–Crippen LogP) is 3.53. The van der Waals surface area contributed by atoms with E-state index in [0.29, 0.717) is 6.04 Å². The number of nitrogens with one attached hydrogen (secondary N) is 1. The maximum absolute atomic E-state index is 12.1. The fraction of sp³-hybridized carbons (Fsp3) is 0.471. The van der Waals surface area contributed by atoms with Gasteiger partial charge in [0.05, 0.1) is 5.52 Å². The predicted molar refractivity (Wildman–Crippen MR) is 84.2 cm³/mol. The summed E-state index contributed by atoms with van der Waals surface area (Å²) in [7, 11) is 1.83. The van der Waals surface area contributed by atoms with Gasteiger partial charge in [0, 0.05) is 30.2 Å². The van der Waals surface area contributed by atoms with Crippen molar-refractivity contribution in [2.45, 2.75) is 38.6 Å². The lowest BCUT2D eigenvalue weighted by atomic mass is 9.99. The van der Waals surface area contributed by atoms with Gasteiger partial charge in [0.15, 0.2) is 0 Å². The molecule has 1 atom stereocenters. The summed E-state index contributed by atoms with van der Waals surface area (Å²) in [6.45, 7) is 2.24. The molecule has 1 aliphatic carbocycles. The van der Waals surface area contributed by atoms with Crippen LogP contribution in [0.25, 0.3) is 10.9 Å². The van der Waals surface area contributed by atoms with E-state index in [9.17, 15) is 4.79 Å². The lowest BCUT2D eigenvalue weighted by molar-refractivity contribution is 0.482. The Labute approximate surface area is 119 Å². The molecule has 0 spiro atoms. The van der Waals surface area contributed by atoms with Crippen molar-refractivity contribution in [2.24, 2.45) is 13.0 Å². The minimum absolute atomic E-state index is 0.0461. The summed E-state index contributed by atoms with van der Waals surface area (Å²) in [5, 5.41) is 4.71. The van der Waals surface area contributed by atoms with Crippen LogP contribution in [0.4, 0.5) is 5.69 Å². The van der Waals surface area contributed by atoms with E-state index in [0.717, 1.165) is 22.5 Å². The molecule has 1 aromatic heterocycles. The number of fused-ring (bicyclic) bond motifs is 1. The zero-order valence-corrected chi connectivity index (χ0v) is 12.2. The lowest BCUT2D eigenvalue weighted by Gasteiger charge is -2.22. The van der Waals surface area contributed by atoms with E-state index < -0.39 is 0 Å². The van der Waals surface area contributed by atoms with E-state index in [2.05, 4.69) is 18.3 Å². The molecule has 3 nitrogen and oxygen atoms in total. The topological polar surface area (TPSA) is 34.0 Å². The van der Waals surface area contributed by atoms with E-state index in [1.54, 1.807) is 10.6 Å². The molecule has 1 saturated carbocycles. The van der Waals surface area contributed by atoms with Crippen molar-refractivity contribution in [3.05, 3.63) is 40.7 Å². The Kier molecular flexibility index (Phi) is 3.51. The van der Waals surface area contributed by atoms with Crippen LogP contribution < -0.4 is 10.9 Å². The number of anilines is 1. The van der Waals surface area contributed by atoms with Crippen LogP contribution in [0.1, 0.15) is 32.6 Å². The van der Waals surface area contributed by atoms with E-state index in [1.807, 2.05) is 25.2 Å². The summed E-state index contributed by atoms with van der Waals surface area (Å²) >= 11 is 0. The van der Waals surface area contributed by atoms with Gasteiger partial charge < -0.3 is 9.88 Å². The highest BCUT2D eigenvalue weighted by Crippen LogP contribution is 2.30. The highest BCUT2D eigenvalue weighted by atomic mass is 16.1. The Bertz CT molecular complexity index is 668. The standard InChI is InChI=1S/C17H22N2O/c1-12(13-7-3-4-8-13)18-15-11-17(20)19(2)16-10-6-5-9-14(15)16/h5-6,9-13,18H,3-4,7-8H2,1-2H3. The zero-order chi connectivity index (χ0) is 14.1. The number of nitrogens with zero attached hydrogens (tertiary/aromatic N) is 1. The first kappa shape index (κ1) is 13.2. The number of hydrogen-bond acceptors (Lipinski definition) is 2. The molecule has 0 aliphatic heterocycles. The van der Waals surface area contributed by atoms with E-state index in [1.165, 1.54) is 25.7 Å². The van der Waals surface area contributed by atoms with Crippen LogP contribution in [0.3, 0.4) is 0 Å². The van der Waals surface area contributed by atoms with Crippen LogP contribution >= 0.6 is 0 Å². The second-order valence-corrected chi connectivity index (χ2v) is 5.95. The van der Waals surface area contributed by atoms with Crippen LogP contribution in [-0.4, -0.2) is 10.6 Å². The molecular formula is C17H22N2O. The smallest absolute Gasteiger partial charge is 0.252 e. The fourth-order valence-electron chi connectivity index (χ4n) is 3.35. The Morgan fingerprint density at radius 3 is 2.70 bits per heavy atom. The summed E-state index contributed by atoms with van der Waals surface area (Å²) in [6.07, 6.45) is 5.29. The molecule has 0 saturated heterocycles. The Balaban J connectivity index is 1.98. The molecule has 1 aromatic carbocycles. The lowest BCUT2D eigenvalue weighted by Crippen LogP contribution is -2.26. The molecule has 0 amide bonds. The van der Waals surface area contributed by atoms with Gasteiger partial charge in [0.25, 0.3) is 5.56 Å². The maximum atomic E-state index is 12.1. The Morgan fingerprint density at radius 1 is 1.25 bits per heavy atom. The van der Waals surface area contributed by atoms with Crippen molar-refractivity contribution in [3.63, 3.8) is 0 Å². The molecule has 1 fully saturated rings. The van der Waals surface area contributed by atoms with Gasteiger partial charge in [-0.1, -0.05) is 31.0 Å². The summed E-state index contributed by atoms with van der Waals surface area (Å²) in [5.41, 5.74) is 2.01. The number of pyridine rings is 1. The van der Waals surface area contributed by atoms with Crippen molar-refractivity contribution < 1.29 is 0 Å². The Hall–Kier alpha value is -1.77. The highest BCUT2D eigenvalue weighted by Gasteiger charge is 2.22. The van der Waals surface area contributed by atoms with Crippen molar-refractivity contribution in [3.8, 4) is 0 Å². The molecule has 3 rings (SSSR count). The minimum Gasteiger partial charge on any atom is -0.382 e. The largest absolute Gasteiger partial charge is 0.382 e. The monoisotopic (exact) mass is 270 g/mol. The third-order valence-electron chi connectivity index (χ3n) is 4.64. The van der Waals surface area contributed by atoms with Gasteiger partial charge in [0.2, 0.25) is 0 Å². The number of benzene rings is 1. The first-order chi connectivity index (χ1) is 9.66. The van der Waals surface area contributed by atoms with E-state index >= 15 is 0 Å². The van der Waals surface area contributed by atoms with Crippen molar-refractivity contribution in [2.75, 3.05) is 5.32 Å². The zero-order valence-electron chi connectivity index (χ0n) is 12.2. The molecule has 1 N–H and O–H groups in total. The minimum atomic E-state index is 0.0461. The van der Waals surface area contributed by atoms with Gasteiger partial charge in [-0.25, -0.2) is 0 Å². The molecule has 0 bridgehead atoms. The van der Waals surface area contributed by atoms with Crippen LogP contribution in [0.2, 0.25) is 0 Å². The molecule has 1 unspecified atom stereocenters. The number of aromatic nitrogens is 1. The number of hydrogen-bond donors (Lipinski definition) is 1. The highest BCUT2D eigenvalue weighted by molar-refractivity contribution is 5.91. The van der Waals surface area contributed by atoms with E-state index in [-0.39, 0.29) is 5.56 Å². The van der Waals surface area contributed by atoms with E-state index in [4.69, 9.17) is 0 Å². The third kappa shape index (κ3) is 2.33. The molecule has 3 heteroatoms. The van der Waals surface area contributed by atoms with Gasteiger partial charge in [0.1, 0.15) is 0 Å². The van der Waals surface area contributed by atoms with Crippen LogP contribution in [0.15, 0.2) is 35.1 Å². The third-order valence-corrected chi connectivity index (χ3v) is 4.64. The van der Waals surface area contributed by atoms with Crippen molar-refractivity contribution in [1.82, 2.24) is 4.57 Å². The molecular weight excluding hydrogens is 248 g/mol. The van der Waals surface area contributed by atoms with Crippen molar-refractivity contribution in [1.29, 1.82) is 0 Å². The summed E-state index contributed by atoms with van der Waals surface area (Å²) in [5.74, 6) is 0.734. The second-order valence-electron chi connectivity index (χ2n) is 5.95. The SMILES string of the molecule is CC(Nc1cc(=O)n(C)c2ccccc12)C1CCCC1. The summed E-state index contributed by atoms with van der Waals surface area (Å²) < 4.78 is 1.71. The summed E-state index contributed by atoms with van der Waals surface area (Å²) in [6, 6.07) is 10.2. The molecule has 20 heavy (non-hydrogen) atoms. The summed E-state index contributed by atoms with van der Waals surface area (Å²) in [4.78, 5) is 12.1. The quantitative estimate of drug-likeness (QED) is 0.925. The first-order valence-corrected chi connectivity index (χ1v) is 7.52. The average molecular weight is 270 g/mol. The molecule has 0 radical (unpaired) electrons. The first-order valence-electron chi connectivity index (χ1n) is 7.52. The van der Waals surface area contributed by atoms with Crippen LogP contribution in [0, 0.1) is 5.92 Å². The Morgan fingerprint density at radius 2 is 1.95 bits per heavy atom. The number of aryl methyl sites for hydroxylation is 1. The van der Waals surface area contributed by atoms with Gasteiger partial charge in [-0.2, -0.15) is 0 Å². The van der Waals surface area contributed by atoms with Gasteiger partial charge in [-0.15, -0.1) is 0 Å².